The first kappa shape index (κ1) is 12.9. The van der Waals surface area contributed by atoms with Gasteiger partial charge in [-0.1, -0.05) is 15.9 Å². The number of hydrogen-bond donors (Lipinski definition) is 1. The summed E-state index contributed by atoms with van der Waals surface area (Å²) < 4.78 is 6.39. The van der Waals surface area contributed by atoms with Gasteiger partial charge in [0.05, 0.1) is 7.11 Å². The maximum Gasteiger partial charge on any atom is 0.123 e. The Morgan fingerprint density at radius 2 is 2.20 bits per heavy atom. The fourth-order valence-electron chi connectivity index (χ4n) is 1.41. The zero-order valence-corrected chi connectivity index (χ0v) is 11.5. The third-order valence-electron chi connectivity index (χ3n) is 2.16. The van der Waals surface area contributed by atoms with Gasteiger partial charge in [-0.05, 0) is 25.2 Å². The molecule has 0 bridgehead atoms. The van der Waals surface area contributed by atoms with Crippen LogP contribution in [0.15, 0.2) is 22.7 Å². The molecule has 1 aromatic carbocycles. The van der Waals surface area contributed by atoms with Crippen LogP contribution in [0.25, 0.3) is 0 Å². The van der Waals surface area contributed by atoms with E-state index in [1.807, 2.05) is 12.1 Å². The predicted molar refractivity (Wildman–Crippen MR) is 70.9 cm³/mol. The highest BCUT2D eigenvalue weighted by atomic mass is 79.9. The molecular formula is C11H16BrNOS. The molecule has 1 aromatic rings. The Bertz CT molecular complexity index is 319. The molecule has 0 saturated carbocycles. The molecule has 0 fully saturated rings. The monoisotopic (exact) mass is 289 g/mol. The molecule has 0 heterocycles. The number of rotatable bonds is 5. The molecule has 0 atom stereocenters. The molecule has 0 aromatic heterocycles. The van der Waals surface area contributed by atoms with Gasteiger partial charge in [0, 0.05) is 28.9 Å². The third kappa shape index (κ3) is 4.05. The smallest absolute Gasteiger partial charge is 0.123 e. The Kier molecular flexibility index (Phi) is 5.50. The van der Waals surface area contributed by atoms with E-state index in [9.17, 15) is 0 Å². The van der Waals surface area contributed by atoms with Gasteiger partial charge in [-0.2, -0.15) is 12.6 Å². The van der Waals surface area contributed by atoms with Gasteiger partial charge in [0.25, 0.3) is 0 Å². The first-order chi connectivity index (χ1) is 7.17. The maximum absolute atomic E-state index is 5.31. The van der Waals surface area contributed by atoms with Gasteiger partial charge in [0.2, 0.25) is 0 Å². The summed E-state index contributed by atoms with van der Waals surface area (Å²) in [4.78, 5) is 2.22. The molecule has 15 heavy (non-hydrogen) atoms. The molecule has 0 aliphatic carbocycles. The van der Waals surface area contributed by atoms with E-state index < -0.39 is 0 Å². The Balaban J connectivity index is 2.77. The number of hydrogen-bond acceptors (Lipinski definition) is 3. The summed E-state index contributed by atoms with van der Waals surface area (Å²) in [5.41, 5.74) is 1.19. The molecule has 0 unspecified atom stereocenters. The van der Waals surface area contributed by atoms with Crippen molar-refractivity contribution in [2.45, 2.75) is 6.54 Å². The van der Waals surface area contributed by atoms with Crippen molar-refractivity contribution < 1.29 is 4.74 Å². The second-order valence-corrected chi connectivity index (χ2v) is 4.78. The standard InChI is InChI=1S/C11H16BrNOS/c1-13(5-6-15)8-9-7-10(12)3-4-11(9)14-2/h3-4,7,15H,5-6,8H2,1-2H3. The second kappa shape index (κ2) is 6.40. The van der Waals surface area contributed by atoms with Gasteiger partial charge in [-0.25, -0.2) is 0 Å². The zero-order valence-electron chi connectivity index (χ0n) is 9.03. The zero-order chi connectivity index (χ0) is 11.3. The lowest BCUT2D eigenvalue weighted by atomic mass is 10.2. The summed E-state index contributed by atoms with van der Waals surface area (Å²) in [6.45, 7) is 1.85. The first-order valence-corrected chi connectivity index (χ1v) is 6.21. The summed E-state index contributed by atoms with van der Waals surface area (Å²) in [6.07, 6.45) is 0. The van der Waals surface area contributed by atoms with Gasteiger partial charge >= 0.3 is 0 Å². The molecule has 84 valence electrons. The van der Waals surface area contributed by atoms with E-state index in [1.54, 1.807) is 7.11 Å². The molecule has 1 rings (SSSR count). The summed E-state index contributed by atoms with van der Waals surface area (Å²) in [5.74, 6) is 1.80. The van der Waals surface area contributed by atoms with E-state index in [0.717, 1.165) is 29.1 Å². The van der Waals surface area contributed by atoms with E-state index in [-0.39, 0.29) is 0 Å². The number of benzene rings is 1. The lowest BCUT2D eigenvalue weighted by Gasteiger charge is -2.17. The van der Waals surface area contributed by atoms with Crippen molar-refractivity contribution >= 4 is 28.6 Å². The third-order valence-corrected chi connectivity index (χ3v) is 2.86. The first-order valence-electron chi connectivity index (χ1n) is 4.79. The Labute approximate surface area is 105 Å². The van der Waals surface area contributed by atoms with Crippen molar-refractivity contribution in [1.29, 1.82) is 0 Å². The van der Waals surface area contributed by atoms with Crippen molar-refractivity contribution in [3.05, 3.63) is 28.2 Å². The molecule has 2 nitrogen and oxygen atoms in total. The van der Waals surface area contributed by atoms with Crippen LogP contribution in [-0.2, 0) is 6.54 Å². The molecule has 0 amide bonds. The van der Waals surface area contributed by atoms with Crippen molar-refractivity contribution in [1.82, 2.24) is 4.90 Å². The van der Waals surface area contributed by atoms with Crippen LogP contribution in [0.3, 0.4) is 0 Å². The van der Waals surface area contributed by atoms with Crippen molar-refractivity contribution in [2.75, 3.05) is 26.5 Å². The van der Waals surface area contributed by atoms with Gasteiger partial charge < -0.3 is 9.64 Å². The molecular weight excluding hydrogens is 274 g/mol. The molecule has 4 heteroatoms. The topological polar surface area (TPSA) is 12.5 Å². The molecule has 0 saturated heterocycles. The Hall–Kier alpha value is -0.190. The van der Waals surface area contributed by atoms with E-state index in [0.29, 0.717) is 0 Å². The minimum Gasteiger partial charge on any atom is -0.496 e. The SMILES string of the molecule is COc1ccc(Br)cc1CN(C)CCS. The summed E-state index contributed by atoms with van der Waals surface area (Å²) in [5, 5.41) is 0. The van der Waals surface area contributed by atoms with Crippen LogP contribution in [0.1, 0.15) is 5.56 Å². The molecule has 0 aliphatic heterocycles. The molecule has 0 aliphatic rings. The molecule has 0 N–H and O–H groups in total. The van der Waals surface area contributed by atoms with E-state index in [4.69, 9.17) is 4.74 Å². The van der Waals surface area contributed by atoms with Crippen molar-refractivity contribution in [3.8, 4) is 5.75 Å². The number of methoxy groups -OCH3 is 1. The van der Waals surface area contributed by atoms with Crippen LogP contribution in [0, 0.1) is 0 Å². The number of ether oxygens (including phenoxy) is 1. The summed E-state index contributed by atoms with van der Waals surface area (Å²) in [6, 6.07) is 6.06. The number of thiol groups is 1. The summed E-state index contributed by atoms with van der Waals surface area (Å²) >= 11 is 7.68. The average molecular weight is 290 g/mol. The van der Waals surface area contributed by atoms with Crippen LogP contribution >= 0.6 is 28.6 Å². The highest BCUT2D eigenvalue weighted by molar-refractivity contribution is 9.10. The number of nitrogens with zero attached hydrogens (tertiary/aromatic N) is 1. The van der Waals surface area contributed by atoms with E-state index in [1.165, 1.54) is 5.56 Å². The maximum atomic E-state index is 5.31. The van der Waals surface area contributed by atoms with E-state index in [2.05, 4.69) is 46.6 Å². The Morgan fingerprint density at radius 3 is 2.80 bits per heavy atom. The lowest BCUT2D eigenvalue weighted by Crippen LogP contribution is -2.20. The highest BCUT2D eigenvalue weighted by Gasteiger charge is 2.06. The largest absolute Gasteiger partial charge is 0.496 e. The average Bonchev–Trinajstić information content (AvgIpc) is 2.18. The fourth-order valence-corrected chi connectivity index (χ4v) is 2.16. The van der Waals surface area contributed by atoms with Crippen LogP contribution in [-0.4, -0.2) is 31.4 Å². The summed E-state index contributed by atoms with van der Waals surface area (Å²) in [7, 11) is 3.78. The number of halogens is 1. The van der Waals surface area contributed by atoms with Crippen LogP contribution in [0.5, 0.6) is 5.75 Å². The normalized spacial score (nSPS) is 10.7. The minimum atomic E-state index is 0.868. The molecule has 0 radical (unpaired) electrons. The lowest BCUT2D eigenvalue weighted by molar-refractivity contribution is 0.335. The van der Waals surface area contributed by atoms with Crippen molar-refractivity contribution in [2.24, 2.45) is 0 Å². The van der Waals surface area contributed by atoms with Gasteiger partial charge in [-0.15, -0.1) is 0 Å². The predicted octanol–water partition coefficient (Wildman–Crippen LogP) is 2.82. The van der Waals surface area contributed by atoms with Gasteiger partial charge in [0.1, 0.15) is 5.75 Å². The van der Waals surface area contributed by atoms with Crippen LogP contribution in [0.4, 0.5) is 0 Å². The fraction of sp³-hybridized carbons (Fsp3) is 0.455. The van der Waals surface area contributed by atoms with Gasteiger partial charge in [-0.3, -0.25) is 0 Å². The minimum absolute atomic E-state index is 0.868. The van der Waals surface area contributed by atoms with Crippen LogP contribution in [0.2, 0.25) is 0 Å². The second-order valence-electron chi connectivity index (χ2n) is 3.42. The van der Waals surface area contributed by atoms with Crippen molar-refractivity contribution in [3.63, 3.8) is 0 Å². The van der Waals surface area contributed by atoms with E-state index >= 15 is 0 Å². The quantitative estimate of drug-likeness (QED) is 0.837. The molecule has 0 spiro atoms. The van der Waals surface area contributed by atoms with Gasteiger partial charge in [0.15, 0.2) is 0 Å². The Morgan fingerprint density at radius 1 is 1.47 bits per heavy atom. The van der Waals surface area contributed by atoms with Crippen LogP contribution < -0.4 is 4.74 Å². The highest BCUT2D eigenvalue weighted by Crippen LogP contribution is 2.23.